The van der Waals surface area contributed by atoms with Gasteiger partial charge in [-0.1, -0.05) is 35.9 Å². The van der Waals surface area contributed by atoms with Crippen LogP contribution >= 0.6 is 0 Å². The second-order valence-corrected chi connectivity index (χ2v) is 5.01. The maximum Gasteiger partial charge on any atom is 0.224 e. The van der Waals surface area contributed by atoms with E-state index in [1.54, 1.807) is 12.1 Å². The topological polar surface area (TPSA) is 29.1 Å². The summed E-state index contributed by atoms with van der Waals surface area (Å²) < 4.78 is 13.0. The number of carbonyl (C=O) groups excluding carboxylic acids is 1. The third kappa shape index (κ3) is 3.92. The zero-order valence-electron chi connectivity index (χ0n) is 11.7. The molecule has 20 heavy (non-hydrogen) atoms. The Labute approximate surface area is 118 Å². The van der Waals surface area contributed by atoms with E-state index < -0.39 is 0 Å². The lowest BCUT2D eigenvalue weighted by atomic mass is 10.0. The van der Waals surface area contributed by atoms with Crippen molar-refractivity contribution in [1.82, 2.24) is 5.32 Å². The van der Waals surface area contributed by atoms with Crippen molar-refractivity contribution >= 4 is 5.91 Å². The largest absolute Gasteiger partial charge is 0.352 e. The average molecular weight is 271 g/mol. The first-order chi connectivity index (χ1) is 9.54. The molecule has 0 atom stereocenters. The molecule has 2 aromatic carbocycles. The Morgan fingerprint density at radius 1 is 1.15 bits per heavy atom. The lowest BCUT2D eigenvalue weighted by Gasteiger charge is -2.08. The summed E-state index contributed by atoms with van der Waals surface area (Å²) in [4.78, 5) is 11.9. The molecule has 0 saturated carbocycles. The molecule has 0 spiro atoms. The van der Waals surface area contributed by atoms with Crippen LogP contribution in [0.5, 0.6) is 0 Å². The maximum atomic E-state index is 13.0. The number of hydrogen-bond acceptors (Lipinski definition) is 1. The van der Waals surface area contributed by atoms with E-state index in [-0.39, 0.29) is 11.7 Å². The summed E-state index contributed by atoms with van der Waals surface area (Å²) in [6.07, 6.45) is 0.350. The molecule has 0 aliphatic carbocycles. The summed E-state index contributed by atoms with van der Waals surface area (Å²) in [6, 6.07) is 12.3. The van der Waals surface area contributed by atoms with Gasteiger partial charge in [0.25, 0.3) is 0 Å². The van der Waals surface area contributed by atoms with Gasteiger partial charge in [0, 0.05) is 6.54 Å². The van der Waals surface area contributed by atoms with E-state index in [2.05, 4.69) is 5.32 Å². The Hall–Kier alpha value is -2.16. The van der Waals surface area contributed by atoms with E-state index in [1.165, 1.54) is 12.1 Å². The van der Waals surface area contributed by atoms with Crippen LogP contribution in [-0.2, 0) is 17.8 Å². The number of rotatable bonds is 4. The van der Waals surface area contributed by atoms with Crippen molar-refractivity contribution in [1.29, 1.82) is 0 Å². The second-order valence-electron chi connectivity index (χ2n) is 5.01. The fourth-order valence-corrected chi connectivity index (χ4v) is 2.07. The summed E-state index contributed by atoms with van der Waals surface area (Å²) in [6.45, 7) is 4.35. The molecule has 2 nitrogen and oxygen atoms in total. The Bertz CT molecular complexity index is 622. The van der Waals surface area contributed by atoms with Gasteiger partial charge < -0.3 is 5.32 Å². The van der Waals surface area contributed by atoms with Gasteiger partial charge >= 0.3 is 0 Å². The van der Waals surface area contributed by atoms with Crippen LogP contribution in [0.15, 0.2) is 42.5 Å². The standard InChI is InChI=1S/C17H18FNO/c1-12-6-7-13(2)15(8-12)10-17(20)19-11-14-4-3-5-16(18)9-14/h3-9H,10-11H2,1-2H3,(H,19,20). The molecule has 0 aliphatic rings. The zero-order valence-corrected chi connectivity index (χ0v) is 11.7. The molecule has 0 saturated heterocycles. The molecule has 0 aliphatic heterocycles. The van der Waals surface area contributed by atoms with Crippen molar-refractivity contribution in [3.05, 3.63) is 70.5 Å². The smallest absolute Gasteiger partial charge is 0.224 e. The molecule has 2 rings (SSSR count). The lowest BCUT2D eigenvalue weighted by molar-refractivity contribution is -0.120. The van der Waals surface area contributed by atoms with Crippen LogP contribution in [0.1, 0.15) is 22.3 Å². The van der Waals surface area contributed by atoms with Crippen LogP contribution in [0.25, 0.3) is 0 Å². The fraction of sp³-hybridized carbons (Fsp3) is 0.235. The van der Waals surface area contributed by atoms with Crippen molar-refractivity contribution < 1.29 is 9.18 Å². The van der Waals surface area contributed by atoms with Crippen molar-refractivity contribution in [2.45, 2.75) is 26.8 Å². The lowest BCUT2D eigenvalue weighted by Crippen LogP contribution is -2.24. The van der Waals surface area contributed by atoms with E-state index in [0.29, 0.717) is 13.0 Å². The van der Waals surface area contributed by atoms with Gasteiger partial charge in [0.1, 0.15) is 5.82 Å². The number of nitrogens with one attached hydrogen (secondary N) is 1. The summed E-state index contributed by atoms with van der Waals surface area (Å²) in [5.41, 5.74) is 4.04. The highest BCUT2D eigenvalue weighted by atomic mass is 19.1. The number of carbonyl (C=O) groups is 1. The highest BCUT2D eigenvalue weighted by Gasteiger charge is 2.06. The summed E-state index contributed by atoms with van der Waals surface area (Å²) >= 11 is 0. The van der Waals surface area contributed by atoms with Crippen LogP contribution in [0.4, 0.5) is 4.39 Å². The third-order valence-electron chi connectivity index (χ3n) is 3.23. The number of hydrogen-bond donors (Lipinski definition) is 1. The predicted molar refractivity (Wildman–Crippen MR) is 77.9 cm³/mol. The monoisotopic (exact) mass is 271 g/mol. The van der Waals surface area contributed by atoms with Gasteiger partial charge in [-0.05, 0) is 42.7 Å². The van der Waals surface area contributed by atoms with Gasteiger partial charge in [0.15, 0.2) is 0 Å². The molecule has 0 radical (unpaired) electrons. The Kier molecular flexibility index (Phi) is 4.51. The van der Waals surface area contributed by atoms with Crippen LogP contribution < -0.4 is 5.32 Å². The summed E-state index contributed by atoms with van der Waals surface area (Å²) in [5, 5.41) is 2.82. The maximum absolute atomic E-state index is 13.0. The number of amides is 1. The number of halogens is 1. The van der Waals surface area contributed by atoms with Crippen LogP contribution in [-0.4, -0.2) is 5.91 Å². The van der Waals surface area contributed by atoms with Crippen molar-refractivity contribution in [3.8, 4) is 0 Å². The molecule has 0 bridgehead atoms. The van der Waals surface area contributed by atoms with Gasteiger partial charge in [-0.3, -0.25) is 4.79 Å². The first-order valence-corrected chi connectivity index (χ1v) is 6.62. The first kappa shape index (κ1) is 14.3. The van der Waals surface area contributed by atoms with Crippen molar-refractivity contribution in [2.75, 3.05) is 0 Å². The van der Waals surface area contributed by atoms with E-state index in [1.807, 2.05) is 32.0 Å². The molecule has 0 aromatic heterocycles. The van der Waals surface area contributed by atoms with Crippen molar-refractivity contribution in [2.24, 2.45) is 0 Å². The van der Waals surface area contributed by atoms with Gasteiger partial charge in [0.05, 0.1) is 6.42 Å². The number of benzene rings is 2. The van der Waals surface area contributed by atoms with E-state index in [0.717, 1.165) is 22.3 Å². The second kappa shape index (κ2) is 6.33. The van der Waals surface area contributed by atoms with Crippen LogP contribution in [0.2, 0.25) is 0 Å². The molecule has 0 unspecified atom stereocenters. The number of aryl methyl sites for hydroxylation is 2. The quantitative estimate of drug-likeness (QED) is 0.908. The molecular formula is C17H18FNO. The summed E-state index contributed by atoms with van der Waals surface area (Å²) in [5.74, 6) is -0.339. The van der Waals surface area contributed by atoms with Gasteiger partial charge in [-0.15, -0.1) is 0 Å². The molecule has 0 heterocycles. The molecule has 1 N–H and O–H groups in total. The molecule has 1 amide bonds. The zero-order chi connectivity index (χ0) is 14.5. The molecule has 2 aromatic rings. The van der Waals surface area contributed by atoms with Gasteiger partial charge in [-0.25, -0.2) is 4.39 Å². The van der Waals surface area contributed by atoms with Crippen LogP contribution in [0.3, 0.4) is 0 Å². The van der Waals surface area contributed by atoms with Crippen molar-refractivity contribution in [3.63, 3.8) is 0 Å². The first-order valence-electron chi connectivity index (χ1n) is 6.62. The summed E-state index contributed by atoms with van der Waals surface area (Å²) in [7, 11) is 0. The van der Waals surface area contributed by atoms with E-state index in [4.69, 9.17) is 0 Å². The molecule has 0 fully saturated rings. The Morgan fingerprint density at radius 3 is 2.70 bits per heavy atom. The Morgan fingerprint density at radius 2 is 1.95 bits per heavy atom. The highest BCUT2D eigenvalue weighted by molar-refractivity contribution is 5.79. The minimum atomic E-state index is -0.286. The van der Waals surface area contributed by atoms with E-state index >= 15 is 0 Å². The van der Waals surface area contributed by atoms with E-state index in [9.17, 15) is 9.18 Å². The molecular weight excluding hydrogens is 253 g/mol. The SMILES string of the molecule is Cc1ccc(C)c(CC(=O)NCc2cccc(F)c2)c1. The molecule has 104 valence electrons. The predicted octanol–water partition coefficient (Wildman–Crippen LogP) is 3.30. The average Bonchev–Trinajstić information content (AvgIpc) is 2.41. The normalized spacial score (nSPS) is 10.3. The fourth-order valence-electron chi connectivity index (χ4n) is 2.07. The third-order valence-corrected chi connectivity index (χ3v) is 3.23. The Balaban J connectivity index is 1.94. The minimum Gasteiger partial charge on any atom is -0.352 e. The highest BCUT2D eigenvalue weighted by Crippen LogP contribution is 2.11. The molecule has 3 heteroatoms. The van der Waals surface area contributed by atoms with Crippen LogP contribution in [0, 0.1) is 19.7 Å². The van der Waals surface area contributed by atoms with Gasteiger partial charge in [-0.2, -0.15) is 0 Å². The van der Waals surface area contributed by atoms with Gasteiger partial charge in [0.2, 0.25) is 5.91 Å². The minimum absolute atomic E-state index is 0.0528.